The quantitative estimate of drug-likeness (QED) is 0.851. The molecule has 2 aliphatic rings. The Morgan fingerprint density at radius 1 is 1.22 bits per heavy atom. The zero-order valence-electron chi connectivity index (χ0n) is 16.3. The van der Waals surface area contributed by atoms with Gasteiger partial charge in [0.05, 0.1) is 6.10 Å². The largest absolute Gasteiger partial charge is 0.376 e. The van der Waals surface area contributed by atoms with Gasteiger partial charge < -0.3 is 14.6 Å². The molecule has 3 heterocycles. The third kappa shape index (κ3) is 4.19. The van der Waals surface area contributed by atoms with Gasteiger partial charge in [0, 0.05) is 49.3 Å². The summed E-state index contributed by atoms with van der Waals surface area (Å²) in [5, 5.41) is 4.47. The van der Waals surface area contributed by atoms with Crippen LogP contribution in [0.15, 0.2) is 30.5 Å². The number of hydrogen-bond acceptors (Lipinski definition) is 3. The third-order valence-electron chi connectivity index (χ3n) is 6.09. The van der Waals surface area contributed by atoms with Crippen LogP contribution in [0, 0.1) is 5.92 Å². The van der Waals surface area contributed by atoms with Gasteiger partial charge in [-0.25, -0.2) is 0 Å². The first-order valence-corrected chi connectivity index (χ1v) is 10.4. The maximum Gasteiger partial charge on any atom is 0.223 e. The van der Waals surface area contributed by atoms with Crippen LogP contribution in [0.3, 0.4) is 0 Å². The van der Waals surface area contributed by atoms with Gasteiger partial charge in [0.15, 0.2) is 0 Å². The molecule has 1 aromatic heterocycles. The van der Waals surface area contributed by atoms with Gasteiger partial charge in [-0.3, -0.25) is 9.69 Å². The number of benzene rings is 1. The van der Waals surface area contributed by atoms with Crippen LogP contribution in [-0.2, 0) is 22.6 Å². The number of fused-ring (bicyclic) bond motifs is 1. The van der Waals surface area contributed by atoms with E-state index in [0.29, 0.717) is 6.54 Å². The summed E-state index contributed by atoms with van der Waals surface area (Å²) in [5.41, 5.74) is 2.71. The highest BCUT2D eigenvalue weighted by molar-refractivity contribution is 5.84. The summed E-state index contributed by atoms with van der Waals surface area (Å²) in [6.45, 7) is 7.65. The fourth-order valence-corrected chi connectivity index (χ4v) is 4.47. The Morgan fingerprint density at radius 2 is 2.04 bits per heavy atom. The summed E-state index contributed by atoms with van der Waals surface area (Å²) in [6.07, 6.45) is 6.61. The molecule has 1 aromatic carbocycles. The number of carbonyl (C=O) groups is 1. The highest BCUT2D eigenvalue weighted by Gasteiger charge is 2.26. The van der Waals surface area contributed by atoms with Crippen molar-refractivity contribution >= 4 is 16.8 Å². The van der Waals surface area contributed by atoms with Crippen LogP contribution in [0.25, 0.3) is 10.9 Å². The lowest BCUT2D eigenvalue weighted by atomic mass is 9.95. The molecule has 1 atom stereocenters. The molecule has 146 valence electrons. The fourth-order valence-electron chi connectivity index (χ4n) is 4.47. The van der Waals surface area contributed by atoms with Crippen molar-refractivity contribution in [1.82, 2.24) is 14.8 Å². The van der Waals surface area contributed by atoms with E-state index >= 15 is 0 Å². The highest BCUT2D eigenvalue weighted by Crippen LogP contribution is 2.25. The lowest BCUT2D eigenvalue weighted by Crippen LogP contribution is -2.42. The van der Waals surface area contributed by atoms with Crippen LogP contribution in [-0.4, -0.2) is 47.7 Å². The Hall–Kier alpha value is -1.85. The molecule has 2 aliphatic heterocycles. The number of carbonyl (C=O) groups excluding carboxylic acids is 1. The van der Waals surface area contributed by atoms with Crippen molar-refractivity contribution in [2.45, 2.75) is 51.8 Å². The minimum absolute atomic E-state index is 0.152. The molecular weight excluding hydrogens is 338 g/mol. The average molecular weight is 370 g/mol. The number of likely N-dealkylation sites (tertiary alicyclic amines) is 1. The molecule has 5 heteroatoms. The number of ether oxygens (including phenoxy) is 1. The first-order chi connectivity index (χ1) is 13.2. The Balaban J connectivity index is 1.30. The molecule has 2 saturated heterocycles. The van der Waals surface area contributed by atoms with Gasteiger partial charge >= 0.3 is 0 Å². The van der Waals surface area contributed by atoms with Gasteiger partial charge in [0.25, 0.3) is 0 Å². The van der Waals surface area contributed by atoms with E-state index in [4.69, 9.17) is 4.74 Å². The number of hydrogen-bond donors (Lipinski definition) is 1. The molecule has 2 fully saturated rings. The van der Waals surface area contributed by atoms with Crippen LogP contribution in [0.5, 0.6) is 0 Å². The third-order valence-corrected chi connectivity index (χ3v) is 6.09. The van der Waals surface area contributed by atoms with Gasteiger partial charge in [0.1, 0.15) is 0 Å². The number of amides is 1. The van der Waals surface area contributed by atoms with E-state index in [1.54, 1.807) is 0 Å². The van der Waals surface area contributed by atoms with Crippen molar-refractivity contribution in [3.63, 3.8) is 0 Å². The molecule has 2 aromatic rings. The van der Waals surface area contributed by atoms with Gasteiger partial charge in [-0.15, -0.1) is 0 Å². The van der Waals surface area contributed by atoms with Crippen molar-refractivity contribution in [2.24, 2.45) is 5.92 Å². The second-order valence-corrected chi connectivity index (χ2v) is 7.89. The Morgan fingerprint density at radius 3 is 2.78 bits per heavy atom. The zero-order valence-corrected chi connectivity index (χ0v) is 16.3. The fraction of sp³-hybridized carbons (Fsp3) is 0.591. The lowest BCUT2D eigenvalue weighted by Gasteiger charge is -2.31. The zero-order chi connectivity index (χ0) is 18.6. The van der Waals surface area contributed by atoms with E-state index < -0.39 is 0 Å². The predicted molar refractivity (Wildman–Crippen MR) is 108 cm³/mol. The summed E-state index contributed by atoms with van der Waals surface area (Å²) in [4.78, 5) is 14.9. The van der Waals surface area contributed by atoms with Crippen molar-refractivity contribution in [3.05, 3.63) is 36.0 Å². The molecule has 27 heavy (non-hydrogen) atoms. The number of rotatable bonds is 6. The summed E-state index contributed by atoms with van der Waals surface area (Å²) in [5.74, 6) is 0.368. The number of nitrogens with zero attached hydrogens (tertiary/aromatic N) is 2. The SMILES string of the molecule is CCn1cc(CN2CCC(C(=O)NC[C@H]3CCCO3)CC2)c2ccccc21. The second kappa shape index (κ2) is 8.44. The van der Waals surface area contributed by atoms with Crippen molar-refractivity contribution in [1.29, 1.82) is 0 Å². The second-order valence-electron chi connectivity index (χ2n) is 7.89. The summed E-state index contributed by atoms with van der Waals surface area (Å²) >= 11 is 0. The monoisotopic (exact) mass is 369 g/mol. The van der Waals surface area contributed by atoms with Crippen LogP contribution >= 0.6 is 0 Å². The number of piperidine rings is 1. The molecule has 0 unspecified atom stereocenters. The highest BCUT2D eigenvalue weighted by atomic mass is 16.5. The molecule has 0 aliphatic carbocycles. The number of para-hydroxylation sites is 1. The summed E-state index contributed by atoms with van der Waals surface area (Å²) < 4.78 is 7.92. The average Bonchev–Trinajstić information content (AvgIpc) is 3.35. The summed E-state index contributed by atoms with van der Waals surface area (Å²) in [6, 6.07) is 8.66. The van der Waals surface area contributed by atoms with E-state index in [1.807, 2.05) is 0 Å². The first kappa shape index (κ1) is 18.5. The van der Waals surface area contributed by atoms with E-state index in [9.17, 15) is 4.79 Å². The van der Waals surface area contributed by atoms with Crippen molar-refractivity contribution in [2.75, 3.05) is 26.2 Å². The minimum atomic E-state index is 0.152. The van der Waals surface area contributed by atoms with Gasteiger partial charge in [-0.1, -0.05) is 18.2 Å². The van der Waals surface area contributed by atoms with E-state index in [2.05, 4.69) is 52.2 Å². The number of aromatic nitrogens is 1. The number of nitrogens with one attached hydrogen (secondary N) is 1. The van der Waals surface area contributed by atoms with Gasteiger partial charge in [-0.2, -0.15) is 0 Å². The van der Waals surface area contributed by atoms with Crippen molar-refractivity contribution in [3.8, 4) is 0 Å². The first-order valence-electron chi connectivity index (χ1n) is 10.4. The maximum absolute atomic E-state index is 12.4. The van der Waals surface area contributed by atoms with Crippen LogP contribution in [0.2, 0.25) is 0 Å². The molecule has 1 amide bonds. The molecule has 1 N–H and O–H groups in total. The standard InChI is InChI=1S/C22H31N3O2/c1-2-25-16-18(20-7-3-4-8-21(20)25)15-24-11-9-17(10-12-24)22(26)23-14-19-6-5-13-27-19/h3-4,7-8,16-17,19H,2,5-6,9-15H2,1H3,(H,23,26)/t19-/m1/s1. The molecule has 0 bridgehead atoms. The lowest BCUT2D eigenvalue weighted by molar-refractivity contribution is -0.127. The van der Waals surface area contributed by atoms with Crippen LogP contribution in [0.4, 0.5) is 0 Å². The Labute approximate surface area is 161 Å². The smallest absolute Gasteiger partial charge is 0.223 e. The van der Waals surface area contributed by atoms with E-state index in [-0.39, 0.29) is 17.9 Å². The minimum Gasteiger partial charge on any atom is -0.376 e. The van der Waals surface area contributed by atoms with E-state index in [0.717, 1.165) is 58.5 Å². The molecule has 5 nitrogen and oxygen atoms in total. The molecule has 0 saturated carbocycles. The van der Waals surface area contributed by atoms with Crippen molar-refractivity contribution < 1.29 is 9.53 Å². The van der Waals surface area contributed by atoms with Crippen LogP contribution in [0.1, 0.15) is 38.2 Å². The maximum atomic E-state index is 12.4. The molecule has 4 rings (SSSR count). The van der Waals surface area contributed by atoms with Gasteiger partial charge in [0.2, 0.25) is 5.91 Å². The Bertz CT molecular complexity index is 771. The molecular formula is C22H31N3O2. The molecule has 0 spiro atoms. The number of aryl methyl sites for hydroxylation is 1. The Kier molecular flexibility index (Phi) is 5.79. The summed E-state index contributed by atoms with van der Waals surface area (Å²) in [7, 11) is 0. The normalized spacial score (nSPS) is 21.7. The topological polar surface area (TPSA) is 46.5 Å². The predicted octanol–water partition coefficient (Wildman–Crippen LogP) is 3.17. The molecule has 0 radical (unpaired) electrons. The van der Waals surface area contributed by atoms with Crippen LogP contribution < -0.4 is 5.32 Å². The van der Waals surface area contributed by atoms with Gasteiger partial charge in [-0.05, 0) is 57.3 Å². The van der Waals surface area contributed by atoms with E-state index in [1.165, 1.54) is 16.5 Å².